The summed E-state index contributed by atoms with van der Waals surface area (Å²) in [6.45, 7) is 2.30. The van der Waals surface area contributed by atoms with Gasteiger partial charge in [0.05, 0.1) is 0 Å². The summed E-state index contributed by atoms with van der Waals surface area (Å²) >= 11 is 0. The molecule has 4 rings (SSSR count). The lowest BCUT2D eigenvalue weighted by molar-refractivity contribution is 0.441. The van der Waals surface area contributed by atoms with Crippen molar-refractivity contribution in [2.24, 2.45) is 0 Å². The number of nitrogens with one attached hydrogen (secondary N) is 2. The third-order valence-electron chi connectivity index (χ3n) is 8.05. The van der Waals surface area contributed by atoms with Gasteiger partial charge in [-0.15, -0.1) is 0 Å². The molecule has 4 heteroatoms. The van der Waals surface area contributed by atoms with Crippen LogP contribution in [0.4, 0.5) is 0 Å². The molecule has 2 atom stereocenters. The maximum atomic E-state index is 4.57. The van der Waals surface area contributed by atoms with Crippen LogP contribution in [0.25, 0.3) is 0 Å². The zero-order valence-corrected chi connectivity index (χ0v) is 21.9. The lowest BCUT2D eigenvalue weighted by Crippen LogP contribution is -2.26. The van der Waals surface area contributed by atoms with Gasteiger partial charge in [0.2, 0.25) is 0 Å². The number of rotatable bonds is 16. The molecule has 2 N–H and O–H groups in total. The van der Waals surface area contributed by atoms with Crippen molar-refractivity contribution in [2.45, 2.75) is 121 Å². The van der Waals surface area contributed by atoms with Gasteiger partial charge in [-0.3, -0.25) is 9.97 Å². The van der Waals surface area contributed by atoms with Crippen molar-refractivity contribution >= 4 is 0 Å². The average Bonchev–Trinajstić information content (AvgIpc) is 2.91. The minimum Gasteiger partial charge on any atom is -0.310 e. The van der Waals surface area contributed by atoms with E-state index in [2.05, 4.69) is 44.9 Å². The largest absolute Gasteiger partial charge is 0.310 e. The molecule has 0 saturated heterocycles. The Morgan fingerprint density at radius 3 is 1.40 bits per heavy atom. The predicted octanol–water partition coefficient (Wildman–Crippen LogP) is 7.40. The second kappa shape index (κ2) is 15.4. The highest BCUT2D eigenvalue weighted by molar-refractivity contribution is 5.26. The number of unbranched alkanes of at least 4 members (excludes halogenated alkanes) is 10. The summed E-state index contributed by atoms with van der Waals surface area (Å²) < 4.78 is 0. The number of aryl methyl sites for hydroxylation is 2. The average molecular weight is 477 g/mol. The fraction of sp³-hybridized carbons (Fsp3) is 0.677. The zero-order chi connectivity index (χ0) is 24.0. The van der Waals surface area contributed by atoms with Crippen LogP contribution in [0.2, 0.25) is 0 Å². The first-order chi connectivity index (χ1) is 17.4. The fourth-order valence-corrected chi connectivity index (χ4v) is 6.03. The fourth-order valence-electron chi connectivity index (χ4n) is 6.03. The van der Waals surface area contributed by atoms with Crippen LogP contribution < -0.4 is 10.6 Å². The third-order valence-corrected chi connectivity index (χ3v) is 8.05. The first-order valence-corrected chi connectivity index (χ1v) is 14.8. The van der Waals surface area contributed by atoms with Crippen molar-refractivity contribution in [3.8, 4) is 0 Å². The summed E-state index contributed by atoms with van der Waals surface area (Å²) in [5.41, 5.74) is 5.53. The Kier molecular flexibility index (Phi) is 11.5. The molecule has 0 aliphatic heterocycles. The van der Waals surface area contributed by atoms with Gasteiger partial charge in [0, 0.05) is 35.9 Å². The molecule has 0 radical (unpaired) electrons. The van der Waals surface area contributed by atoms with Gasteiger partial charge in [-0.1, -0.05) is 69.9 Å². The molecule has 2 aliphatic rings. The topological polar surface area (TPSA) is 49.8 Å². The molecule has 0 amide bonds. The molecule has 35 heavy (non-hydrogen) atoms. The molecule has 0 saturated carbocycles. The SMILES string of the molecule is c1cnc2c(c1)C(NCCCCCCCCCCCCCNC1CCCc3ncccc31)CCC2. The number of aromatic nitrogens is 2. The smallest absolute Gasteiger partial charge is 0.0451 e. The highest BCUT2D eigenvalue weighted by atomic mass is 14.9. The van der Waals surface area contributed by atoms with Crippen molar-refractivity contribution in [1.29, 1.82) is 0 Å². The molecule has 2 aliphatic carbocycles. The van der Waals surface area contributed by atoms with Crippen molar-refractivity contribution in [2.75, 3.05) is 13.1 Å². The number of hydrogen-bond donors (Lipinski definition) is 2. The highest BCUT2D eigenvalue weighted by Gasteiger charge is 2.20. The van der Waals surface area contributed by atoms with Crippen molar-refractivity contribution in [3.05, 3.63) is 59.2 Å². The van der Waals surface area contributed by atoms with E-state index < -0.39 is 0 Å². The van der Waals surface area contributed by atoms with Crippen molar-refractivity contribution in [1.82, 2.24) is 20.6 Å². The maximum Gasteiger partial charge on any atom is 0.0451 e. The van der Waals surface area contributed by atoms with Crippen molar-refractivity contribution in [3.63, 3.8) is 0 Å². The third kappa shape index (κ3) is 8.68. The minimum atomic E-state index is 0.532. The summed E-state index contributed by atoms with van der Waals surface area (Å²) in [5.74, 6) is 0. The molecule has 2 unspecified atom stereocenters. The predicted molar refractivity (Wildman–Crippen MR) is 147 cm³/mol. The lowest BCUT2D eigenvalue weighted by atomic mass is 9.91. The molecular formula is C31H48N4. The van der Waals surface area contributed by atoms with E-state index in [4.69, 9.17) is 0 Å². The quantitative estimate of drug-likeness (QED) is 0.248. The van der Waals surface area contributed by atoms with Crippen LogP contribution in [0.3, 0.4) is 0 Å². The summed E-state index contributed by atoms with van der Waals surface area (Å²) in [6, 6.07) is 9.78. The van der Waals surface area contributed by atoms with E-state index in [9.17, 15) is 0 Å². The van der Waals surface area contributed by atoms with E-state index in [1.165, 1.54) is 119 Å². The highest BCUT2D eigenvalue weighted by Crippen LogP contribution is 2.29. The molecule has 0 fully saturated rings. The number of nitrogens with zero attached hydrogens (tertiary/aromatic N) is 2. The number of fused-ring (bicyclic) bond motifs is 2. The van der Waals surface area contributed by atoms with Gasteiger partial charge in [0.15, 0.2) is 0 Å². The number of hydrogen-bond acceptors (Lipinski definition) is 4. The summed E-state index contributed by atoms with van der Waals surface area (Å²) in [6.07, 6.45) is 26.5. The Balaban J connectivity index is 0.916. The van der Waals surface area contributed by atoms with E-state index in [-0.39, 0.29) is 0 Å². The van der Waals surface area contributed by atoms with Gasteiger partial charge in [0.25, 0.3) is 0 Å². The second-order valence-electron chi connectivity index (χ2n) is 10.8. The summed E-state index contributed by atoms with van der Waals surface area (Å²) in [5, 5.41) is 7.59. The van der Waals surface area contributed by atoms with Crippen LogP contribution in [0.15, 0.2) is 36.7 Å². The van der Waals surface area contributed by atoms with E-state index in [1.807, 2.05) is 12.4 Å². The zero-order valence-electron chi connectivity index (χ0n) is 21.9. The van der Waals surface area contributed by atoms with Crippen molar-refractivity contribution < 1.29 is 0 Å². The van der Waals surface area contributed by atoms with Gasteiger partial charge in [0.1, 0.15) is 0 Å². The first kappa shape index (κ1) is 26.3. The Labute approximate surface area is 214 Å². The summed E-state index contributed by atoms with van der Waals surface area (Å²) in [7, 11) is 0. The molecular weight excluding hydrogens is 428 g/mol. The van der Waals surface area contributed by atoms with Gasteiger partial charge in [-0.05, 0) is 87.7 Å². The molecule has 2 aromatic heterocycles. The molecule has 2 heterocycles. The van der Waals surface area contributed by atoms with Crippen LogP contribution in [0.1, 0.15) is 131 Å². The monoisotopic (exact) mass is 476 g/mol. The van der Waals surface area contributed by atoms with Gasteiger partial charge in [-0.25, -0.2) is 0 Å². The Hall–Kier alpha value is -1.78. The maximum absolute atomic E-state index is 4.57. The second-order valence-corrected chi connectivity index (χ2v) is 10.8. The number of pyridine rings is 2. The first-order valence-electron chi connectivity index (χ1n) is 14.8. The molecule has 4 nitrogen and oxygen atoms in total. The van der Waals surface area contributed by atoms with E-state index in [0.29, 0.717) is 12.1 Å². The van der Waals surface area contributed by atoms with Crippen LogP contribution in [-0.2, 0) is 12.8 Å². The Morgan fingerprint density at radius 2 is 0.971 bits per heavy atom. The molecule has 0 spiro atoms. The molecule has 192 valence electrons. The summed E-state index contributed by atoms with van der Waals surface area (Å²) in [4.78, 5) is 9.13. The normalized spacial score (nSPS) is 19.3. The van der Waals surface area contributed by atoms with Gasteiger partial charge < -0.3 is 10.6 Å². The van der Waals surface area contributed by atoms with E-state index in [0.717, 1.165) is 25.9 Å². The van der Waals surface area contributed by atoms with Crippen LogP contribution in [0.5, 0.6) is 0 Å². The Bertz CT molecular complexity index is 782. The molecule has 2 aromatic rings. The Morgan fingerprint density at radius 1 is 0.571 bits per heavy atom. The van der Waals surface area contributed by atoms with Crippen LogP contribution in [-0.4, -0.2) is 23.1 Å². The molecule has 0 bridgehead atoms. The van der Waals surface area contributed by atoms with Crippen LogP contribution >= 0.6 is 0 Å². The lowest BCUT2D eigenvalue weighted by Gasteiger charge is -2.25. The van der Waals surface area contributed by atoms with Gasteiger partial charge >= 0.3 is 0 Å². The minimum absolute atomic E-state index is 0.532. The standard InChI is InChI=1S/C31H48N4/c1(2-4-6-8-10-22-32-28-18-12-20-30-26(28)16-14-24-34-30)3-5-7-9-11-23-33-29-19-13-21-31-27(29)17-15-25-35-31/h14-17,24-25,28-29,32-33H,1-13,18-23H2. The van der Waals surface area contributed by atoms with Gasteiger partial charge in [-0.2, -0.15) is 0 Å². The van der Waals surface area contributed by atoms with Crippen LogP contribution in [0, 0.1) is 0 Å². The van der Waals surface area contributed by atoms with E-state index >= 15 is 0 Å². The van der Waals surface area contributed by atoms with E-state index in [1.54, 1.807) is 0 Å². The molecule has 0 aromatic carbocycles.